The van der Waals surface area contributed by atoms with Gasteiger partial charge in [0, 0.05) is 12.3 Å². The standard InChI is InChI=1S/C20H15Cl3N2O3S/c1-11-4-3-5-14(8-11)25(12(2)26)20-24-13(10-29-20)9-28-19(27)17-15(21)6-7-16(22)18(17)23/h3-8,10H,9H2,1-2H3. The number of esters is 1. The summed E-state index contributed by atoms with van der Waals surface area (Å²) in [6.07, 6.45) is 0. The van der Waals surface area contributed by atoms with Crippen LogP contribution in [0.4, 0.5) is 10.8 Å². The van der Waals surface area contributed by atoms with E-state index in [0.29, 0.717) is 16.5 Å². The van der Waals surface area contributed by atoms with E-state index in [1.54, 1.807) is 5.38 Å². The number of aromatic nitrogens is 1. The Kier molecular flexibility index (Phi) is 6.80. The van der Waals surface area contributed by atoms with Crippen molar-refractivity contribution in [3.8, 4) is 0 Å². The number of nitrogens with zero attached hydrogens (tertiary/aromatic N) is 2. The Labute approximate surface area is 186 Å². The number of thiazole rings is 1. The van der Waals surface area contributed by atoms with Gasteiger partial charge in [-0.15, -0.1) is 11.3 Å². The average molecular weight is 470 g/mol. The summed E-state index contributed by atoms with van der Waals surface area (Å²) in [5.41, 5.74) is 2.23. The van der Waals surface area contributed by atoms with Gasteiger partial charge in [-0.2, -0.15) is 0 Å². The van der Waals surface area contributed by atoms with Crippen LogP contribution in [0.15, 0.2) is 41.8 Å². The first-order valence-corrected chi connectivity index (χ1v) is 10.4. The highest BCUT2D eigenvalue weighted by Crippen LogP contribution is 2.33. The Balaban J connectivity index is 1.77. The number of hydrogen-bond donors (Lipinski definition) is 0. The molecule has 2 aromatic carbocycles. The van der Waals surface area contributed by atoms with Crippen LogP contribution in [0.25, 0.3) is 0 Å². The second kappa shape index (κ2) is 9.13. The molecule has 29 heavy (non-hydrogen) atoms. The number of halogens is 3. The summed E-state index contributed by atoms with van der Waals surface area (Å²) in [5.74, 6) is -0.884. The monoisotopic (exact) mass is 468 g/mol. The summed E-state index contributed by atoms with van der Waals surface area (Å²) >= 11 is 19.3. The third-order valence-corrected chi connectivity index (χ3v) is 5.90. The van der Waals surface area contributed by atoms with Crippen molar-refractivity contribution in [1.29, 1.82) is 0 Å². The maximum atomic E-state index is 12.4. The molecular weight excluding hydrogens is 455 g/mol. The molecule has 0 N–H and O–H groups in total. The van der Waals surface area contributed by atoms with Gasteiger partial charge in [-0.25, -0.2) is 9.78 Å². The van der Waals surface area contributed by atoms with Crippen LogP contribution in [-0.4, -0.2) is 16.9 Å². The minimum absolute atomic E-state index is 0.00131. The number of rotatable bonds is 5. The maximum absolute atomic E-state index is 12.4. The van der Waals surface area contributed by atoms with E-state index in [0.717, 1.165) is 5.56 Å². The molecule has 0 fully saturated rings. The molecule has 0 radical (unpaired) electrons. The van der Waals surface area contributed by atoms with Crippen LogP contribution in [-0.2, 0) is 16.1 Å². The van der Waals surface area contributed by atoms with Crippen LogP contribution in [0.1, 0.15) is 28.5 Å². The molecule has 0 unspecified atom stereocenters. The maximum Gasteiger partial charge on any atom is 0.341 e. The van der Waals surface area contributed by atoms with Crippen molar-refractivity contribution in [3.63, 3.8) is 0 Å². The van der Waals surface area contributed by atoms with Gasteiger partial charge in [0.05, 0.1) is 32.0 Å². The third-order valence-electron chi connectivity index (χ3n) is 3.90. The first kappa shape index (κ1) is 21.6. The zero-order chi connectivity index (χ0) is 21.1. The van der Waals surface area contributed by atoms with Crippen molar-refractivity contribution < 1.29 is 14.3 Å². The Morgan fingerprint density at radius 3 is 2.55 bits per heavy atom. The first-order chi connectivity index (χ1) is 13.8. The SMILES string of the molecule is CC(=O)N(c1cccc(C)c1)c1nc(COC(=O)c2c(Cl)ccc(Cl)c2Cl)cs1. The molecule has 1 aromatic heterocycles. The zero-order valence-corrected chi connectivity index (χ0v) is 18.5. The molecule has 1 heterocycles. The largest absolute Gasteiger partial charge is 0.455 e. The lowest BCUT2D eigenvalue weighted by Crippen LogP contribution is -2.22. The van der Waals surface area contributed by atoms with Crippen molar-refractivity contribution in [1.82, 2.24) is 4.98 Å². The van der Waals surface area contributed by atoms with Gasteiger partial charge in [0.25, 0.3) is 0 Å². The van der Waals surface area contributed by atoms with Gasteiger partial charge in [0.2, 0.25) is 5.91 Å². The number of aryl methyl sites for hydroxylation is 1. The van der Waals surface area contributed by atoms with Gasteiger partial charge >= 0.3 is 5.97 Å². The molecular formula is C20H15Cl3N2O3S. The molecule has 0 aliphatic rings. The molecule has 0 saturated carbocycles. The summed E-state index contributed by atoms with van der Waals surface area (Å²) in [6.45, 7) is 3.31. The lowest BCUT2D eigenvalue weighted by molar-refractivity contribution is -0.115. The zero-order valence-electron chi connectivity index (χ0n) is 15.4. The molecule has 0 bridgehead atoms. The number of hydrogen-bond acceptors (Lipinski definition) is 5. The minimum Gasteiger partial charge on any atom is -0.455 e. The fourth-order valence-corrected chi connectivity index (χ4v) is 4.14. The smallest absolute Gasteiger partial charge is 0.341 e. The fraction of sp³-hybridized carbons (Fsp3) is 0.150. The Hall–Kier alpha value is -2.12. The van der Waals surface area contributed by atoms with Crippen LogP contribution >= 0.6 is 46.1 Å². The van der Waals surface area contributed by atoms with E-state index in [9.17, 15) is 9.59 Å². The molecule has 0 spiro atoms. The number of carbonyl (C=O) groups excluding carboxylic acids is 2. The molecule has 5 nitrogen and oxygen atoms in total. The van der Waals surface area contributed by atoms with Crippen molar-refractivity contribution in [3.05, 3.63) is 73.7 Å². The summed E-state index contributed by atoms with van der Waals surface area (Å²) < 4.78 is 5.28. The molecule has 0 atom stereocenters. The lowest BCUT2D eigenvalue weighted by Gasteiger charge is -2.18. The quantitative estimate of drug-likeness (QED) is 0.318. The van der Waals surface area contributed by atoms with E-state index in [2.05, 4.69) is 4.98 Å². The highest BCUT2D eigenvalue weighted by molar-refractivity contribution is 7.14. The van der Waals surface area contributed by atoms with Crippen LogP contribution in [0.3, 0.4) is 0 Å². The van der Waals surface area contributed by atoms with E-state index in [-0.39, 0.29) is 33.1 Å². The van der Waals surface area contributed by atoms with E-state index in [1.807, 2.05) is 31.2 Å². The molecule has 150 valence electrons. The Bertz CT molecular complexity index is 1080. The topological polar surface area (TPSA) is 59.5 Å². The number of carbonyl (C=O) groups is 2. The summed E-state index contributed by atoms with van der Waals surface area (Å²) in [7, 11) is 0. The molecule has 0 aliphatic carbocycles. The van der Waals surface area contributed by atoms with E-state index in [4.69, 9.17) is 39.5 Å². The first-order valence-electron chi connectivity index (χ1n) is 8.40. The predicted octanol–water partition coefficient (Wildman–Crippen LogP) is 6.45. The van der Waals surface area contributed by atoms with Crippen molar-refractivity contribution in [2.24, 2.45) is 0 Å². The minimum atomic E-state index is -0.709. The predicted molar refractivity (Wildman–Crippen MR) is 117 cm³/mol. The van der Waals surface area contributed by atoms with Gasteiger partial charge in [0.15, 0.2) is 5.13 Å². The molecule has 1 amide bonds. The fourth-order valence-electron chi connectivity index (χ4n) is 2.59. The van der Waals surface area contributed by atoms with Crippen LogP contribution < -0.4 is 4.90 Å². The van der Waals surface area contributed by atoms with E-state index in [1.165, 1.54) is 35.3 Å². The lowest BCUT2D eigenvalue weighted by atomic mass is 10.2. The van der Waals surface area contributed by atoms with Gasteiger partial charge in [-0.3, -0.25) is 9.69 Å². The highest BCUT2D eigenvalue weighted by Gasteiger charge is 2.21. The Morgan fingerprint density at radius 1 is 1.14 bits per heavy atom. The molecule has 3 rings (SSSR count). The van der Waals surface area contributed by atoms with Gasteiger partial charge in [0.1, 0.15) is 6.61 Å². The summed E-state index contributed by atoms with van der Waals surface area (Å²) in [6, 6.07) is 10.5. The molecule has 3 aromatic rings. The average Bonchev–Trinajstić information content (AvgIpc) is 3.12. The number of ether oxygens (including phenoxy) is 1. The van der Waals surface area contributed by atoms with Crippen LogP contribution in [0.2, 0.25) is 15.1 Å². The number of amides is 1. The van der Waals surface area contributed by atoms with Crippen LogP contribution in [0, 0.1) is 6.92 Å². The van der Waals surface area contributed by atoms with Crippen molar-refractivity contribution >= 4 is 68.8 Å². The van der Waals surface area contributed by atoms with E-state index < -0.39 is 5.97 Å². The van der Waals surface area contributed by atoms with Crippen LogP contribution in [0.5, 0.6) is 0 Å². The normalized spacial score (nSPS) is 10.7. The summed E-state index contributed by atoms with van der Waals surface area (Å²) in [5, 5.41) is 2.58. The summed E-state index contributed by atoms with van der Waals surface area (Å²) in [4.78, 5) is 30.5. The van der Waals surface area contributed by atoms with Gasteiger partial charge in [-0.05, 0) is 36.8 Å². The van der Waals surface area contributed by atoms with Gasteiger partial charge in [-0.1, -0.05) is 46.9 Å². The highest BCUT2D eigenvalue weighted by atomic mass is 35.5. The second-order valence-corrected chi connectivity index (χ2v) is 8.14. The number of benzene rings is 2. The van der Waals surface area contributed by atoms with Crippen molar-refractivity contribution in [2.45, 2.75) is 20.5 Å². The molecule has 0 saturated heterocycles. The van der Waals surface area contributed by atoms with E-state index >= 15 is 0 Å². The van der Waals surface area contributed by atoms with Gasteiger partial charge < -0.3 is 4.74 Å². The second-order valence-electron chi connectivity index (χ2n) is 6.11. The van der Waals surface area contributed by atoms with Crippen molar-refractivity contribution in [2.75, 3.05) is 4.90 Å². The molecule has 0 aliphatic heterocycles. The number of anilines is 2. The Morgan fingerprint density at radius 2 is 1.86 bits per heavy atom. The molecule has 9 heteroatoms. The third kappa shape index (κ3) is 4.90.